The summed E-state index contributed by atoms with van der Waals surface area (Å²) in [6, 6.07) is 18.1. The molecule has 1 aliphatic heterocycles. The maximum Gasteiger partial charge on any atom is 0.227 e. The number of hydrogen-bond acceptors (Lipinski definition) is 8. The molecule has 2 aromatic carbocycles. The molecule has 0 radical (unpaired) electrons. The molecule has 0 atom stereocenters. The molecular formula is C29H26N8. The Morgan fingerprint density at radius 1 is 0.946 bits per heavy atom. The highest BCUT2D eigenvalue weighted by Gasteiger charge is 2.17. The summed E-state index contributed by atoms with van der Waals surface area (Å²) >= 11 is 0. The standard InChI is InChI=1S/C29H26N8/c1-19-15-21(7-8-26(19)37-13-11-36(2)12-14-37)33-29-32-18-25-28(35-29)24-17-31-10-9-23(24)27(34-25)22-6-4-3-5-20(22)16-30/h3-10,15,17-18H,11-14H2,1-2H3,(H,32,33,35). The van der Waals surface area contributed by atoms with E-state index in [9.17, 15) is 5.26 Å². The Balaban J connectivity index is 1.36. The molecule has 0 bridgehead atoms. The van der Waals surface area contributed by atoms with Gasteiger partial charge >= 0.3 is 0 Å². The Kier molecular flexibility index (Phi) is 5.83. The largest absolute Gasteiger partial charge is 0.369 e. The first-order chi connectivity index (χ1) is 18.1. The first kappa shape index (κ1) is 22.8. The van der Waals surface area contributed by atoms with Gasteiger partial charge in [-0.1, -0.05) is 18.2 Å². The number of aryl methyl sites for hydroxylation is 1. The molecule has 6 rings (SSSR count). The van der Waals surface area contributed by atoms with E-state index < -0.39 is 0 Å². The summed E-state index contributed by atoms with van der Waals surface area (Å²) in [5, 5.41) is 14.8. The quantitative estimate of drug-likeness (QED) is 0.358. The zero-order valence-corrected chi connectivity index (χ0v) is 20.8. The highest BCUT2D eigenvalue weighted by atomic mass is 15.2. The van der Waals surface area contributed by atoms with Crippen molar-refractivity contribution in [2.45, 2.75) is 6.92 Å². The van der Waals surface area contributed by atoms with E-state index in [0.29, 0.717) is 22.5 Å². The van der Waals surface area contributed by atoms with Crippen molar-refractivity contribution in [3.63, 3.8) is 0 Å². The Hall–Kier alpha value is -4.61. The lowest BCUT2D eigenvalue weighted by molar-refractivity contribution is 0.312. The fraction of sp³-hybridized carbons (Fsp3) is 0.207. The number of nitrogens with one attached hydrogen (secondary N) is 1. The lowest BCUT2D eigenvalue weighted by Crippen LogP contribution is -2.44. The third-order valence-electron chi connectivity index (χ3n) is 6.93. The number of nitrogens with zero attached hydrogens (tertiary/aromatic N) is 7. The van der Waals surface area contributed by atoms with Gasteiger partial charge in [-0.25, -0.2) is 15.0 Å². The SMILES string of the molecule is Cc1cc(Nc2ncc3nc(-c4ccccc4C#N)c4ccncc4c3n2)ccc1N1CCN(C)CC1. The van der Waals surface area contributed by atoms with Crippen molar-refractivity contribution in [2.24, 2.45) is 0 Å². The molecule has 0 saturated carbocycles. The number of pyridine rings is 2. The van der Waals surface area contributed by atoms with E-state index in [0.717, 1.165) is 53.9 Å². The summed E-state index contributed by atoms with van der Waals surface area (Å²) in [4.78, 5) is 23.4. The lowest BCUT2D eigenvalue weighted by Gasteiger charge is -2.35. The minimum atomic E-state index is 0.497. The molecule has 0 aliphatic carbocycles. The van der Waals surface area contributed by atoms with E-state index in [1.165, 1.54) is 11.3 Å². The second-order valence-corrected chi connectivity index (χ2v) is 9.38. The summed E-state index contributed by atoms with van der Waals surface area (Å²) < 4.78 is 0. The van der Waals surface area contributed by atoms with Gasteiger partial charge in [0.25, 0.3) is 0 Å². The van der Waals surface area contributed by atoms with Crippen molar-refractivity contribution in [3.8, 4) is 17.3 Å². The highest BCUT2D eigenvalue weighted by molar-refractivity contribution is 6.09. The van der Waals surface area contributed by atoms with Crippen LogP contribution in [-0.4, -0.2) is 58.1 Å². The maximum atomic E-state index is 9.64. The van der Waals surface area contributed by atoms with Gasteiger partial charge in [0.1, 0.15) is 11.0 Å². The van der Waals surface area contributed by atoms with Crippen molar-refractivity contribution in [2.75, 3.05) is 43.4 Å². The van der Waals surface area contributed by atoms with Crippen LogP contribution >= 0.6 is 0 Å². The van der Waals surface area contributed by atoms with Gasteiger partial charge in [-0.3, -0.25) is 4.98 Å². The van der Waals surface area contributed by atoms with Crippen molar-refractivity contribution in [1.29, 1.82) is 5.26 Å². The van der Waals surface area contributed by atoms with Gasteiger partial charge in [0, 0.05) is 66.3 Å². The molecule has 8 nitrogen and oxygen atoms in total. The number of aromatic nitrogens is 4. The molecule has 0 amide bonds. The number of nitriles is 1. The molecule has 8 heteroatoms. The zero-order chi connectivity index (χ0) is 25.4. The normalized spacial score (nSPS) is 14.1. The van der Waals surface area contributed by atoms with Crippen LogP contribution in [0.3, 0.4) is 0 Å². The number of hydrogen-bond donors (Lipinski definition) is 1. The smallest absolute Gasteiger partial charge is 0.227 e. The van der Waals surface area contributed by atoms with E-state index in [1.807, 2.05) is 24.3 Å². The maximum absolute atomic E-state index is 9.64. The predicted octanol–water partition coefficient (Wildman–Crippen LogP) is 4.92. The van der Waals surface area contributed by atoms with E-state index in [-0.39, 0.29) is 0 Å². The van der Waals surface area contributed by atoms with E-state index in [1.54, 1.807) is 24.7 Å². The molecule has 1 N–H and O–H groups in total. The molecule has 5 aromatic rings. The number of piperazine rings is 1. The van der Waals surface area contributed by atoms with Crippen LogP contribution in [-0.2, 0) is 0 Å². The zero-order valence-electron chi connectivity index (χ0n) is 20.8. The third-order valence-corrected chi connectivity index (χ3v) is 6.93. The van der Waals surface area contributed by atoms with Gasteiger partial charge in [-0.05, 0) is 49.9 Å². The van der Waals surface area contributed by atoms with Crippen molar-refractivity contribution < 1.29 is 0 Å². The first-order valence-corrected chi connectivity index (χ1v) is 12.3. The van der Waals surface area contributed by atoms with Crippen molar-refractivity contribution in [3.05, 3.63) is 78.2 Å². The fourth-order valence-corrected chi connectivity index (χ4v) is 4.94. The minimum Gasteiger partial charge on any atom is -0.369 e. The van der Waals surface area contributed by atoms with Crippen LogP contribution in [0.2, 0.25) is 0 Å². The molecule has 37 heavy (non-hydrogen) atoms. The predicted molar refractivity (Wildman–Crippen MR) is 147 cm³/mol. The van der Waals surface area contributed by atoms with E-state index in [2.05, 4.69) is 63.3 Å². The van der Waals surface area contributed by atoms with Gasteiger partial charge in [0.15, 0.2) is 0 Å². The van der Waals surface area contributed by atoms with Crippen LogP contribution in [0.25, 0.3) is 33.1 Å². The van der Waals surface area contributed by atoms with E-state index in [4.69, 9.17) is 9.97 Å². The van der Waals surface area contributed by atoms with Crippen LogP contribution in [0, 0.1) is 18.3 Å². The Bertz CT molecular complexity index is 1660. The Morgan fingerprint density at radius 3 is 2.59 bits per heavy atom. The Labute approximate surface area is 215 Å². The molecule has 1 saturated heterocycles. The summed E-state index contributed by atoms with van der Waals surface area (Å²) in [5.41, 5.74) is 6.85. The van der Waals surface area contributed by atoms with Gasteiger partial charge in [0.2, 0.25) is 5.95 Å². The minimum absolute atomic E-state index is 0.497. The second-order valence-electron chi connectivity index (χ2n) is 9.38. The van der Waals surface area contributed by atoms with Crippen molar-refractivity contribution >= 4 is 39.1 Å². The summed E-state index contributed by atoms with van der Waals surface area (Å²) in [5.74, 6) is 0.497. The average Bonchev–Trinajstić information content (AvgIpc) is 2.93. The molecule has 182 valence electrons. The first-order valence-electron chi connectivity index (χ1n) is 12.3. The molecule has 1 aliphatic rings. The number of likely N-dealkylation sites (N-methyl/N-ethyl adjacent to an activating group) is 1. The molecular weight excluding hydrogens is 460 g/mol. The summed E-state index contributed by atoms with van der Waals surface area (Å²) in [6.07, 6.45) is 5.25. The number of anilines is 3. The molecule has 0 unspecified atom stereocenters. The van der Waals surface area contributed by atoms with Crippen LogP contribution in [0.4, 0.5) is 17.3 Å². The molecule has 1 fully saturated rings. The fourth-order valence-electron chi connectivity index (χ4n) is 4.94. The number of fused-ring (bicyclic) bond motifs is 3. The van der Waals surface area contributed by atoms with E-state index >= 15 is 0 Å². The molecule has 0 spiro atoms. The lowest BCUT2D eigenvalue weighted by atomic mass is 10.00. The van der Waals surface area contributed by atoms with Crippen LogP contribution in [0.15, 0.2) is 67.1 Å². The number of rotatable bonds is 4. The van der Waals surface area contributed by atoms with Crippen LogP contribution < -0.4 is 10.2 Å². The van der Waals surface area contributed by atoms with Gasteiger partial charge < -0.3 is 15.1 Å². The second kappa shape index (κ2) is 9.45. The highest BCUT2D eigenvalue weighted by Crippen LogP contribution is 2.33. The van der Waals surface area contributed by atoms with Crippen molar-refractivity contribution in [1.82, 2.24) is 24.8 Å². The molecule has 4 heterocycles. The monoisotopic (exact) mass is 486 g/mol. The average molecular weight is 487 g/mol. The van der Waals surface area contributed by atoms with Crippen LogP contribution in [0.5, 0.6) is 0 Å². The van der Waals surface area contributed by atoms with Gasteiger partial charge in [0.05, 0.1) is 23.5 Å². The molecule has 3 aromatic heterocycles. The Morgan fingerprint density at radius 2 is 1.78 bits per heavy atom. The number of benzene rings is 2. The summed E-state index contributed by atoms with van der Waals surface area (Å²) in [7, 11) is 2.17. The summed E-state index contributed by atoms with van der Waals surface area (Å²) in [6.45, 7) is 6.36. The van der Waals surface area contributed by atoms with Crippen LogP contribution in [0.1, 0.15) is 11.1 Å². The third kappa shape index (κ3) is 4.30. The van der Waals surface area contributed by atoms with Gasteiger partial charge in [-0.15, -0.1) is 0 Å². The topological polar surface area (TPSA) is 93.9 Å². The van der Waals surface area contributed by atoms with Gasteiger partial charge in [-0.2, -0.15) is 5.26 Å².